The Bertz CT molecular complexity index is 51.0. The van der Waals surface area contributed by atoms with Gasteiger partial charge in [0.2, 0.25) is 0 Å². The summed E-state index contributed by atoms with van der Waals surface area (Å²) in [5, 5.41) is 3.16. The molecule has 1 heterocycles. The number of nitrogens with one attached hydrogen (secondary N) is 1. The second-order valence-corrected chi connectivity index (χ2v) is 2.44. The van der Waals surface area contributed by atoms with Gasteiger partial charge in [-0.2, -0.15) is 0 Å². The van der Waals surface area contributed by atoms with E-state index in [1.165, 1.54) is 6.42 Å². The molecule has 0 unspecified atom stereocenters. The summed E-state index contributed by atoms with van der Waals surface area (Å²) in [5.74, 6) is 0. The van der Waals surface area contributed by atoms with E-state index >= 15 is 0 Å². The zero-order valence-corrected chi connectivity index (χ0v) is 4.28. The van der Waals surface area contributed by atoms with Crippen LogP contribution < -0.4 is 5.32 Å². The molecule has 1 aliphatic heterocycles. The lowest BCUT2D eigenvalue weighted by Crippen LogP contribution is -2.47. The van der Waals surface area contributed by atoms with Crippen molar-refractivity contribution in [3.63, 3.8) is 0 Å². The van der Waals surface area contributed by atoms with E-state index < -0.39 is 0 Å². The van der Waals surface area contributed by atoms with Crippen molar-refractivity contribution in [1.29, 1.82) is 0 Å². The first-order chi connectivity index (χ1) is 2.71. The molecule has 0 aromatic carbocycles. The zero-order chi connectivity index (χ0) is 4.62. The van der Waals surface area contributed by atoms with E-state index in [-0.39, 0.29) is 0 Å². The Hall–Kier alpha value is -0.0400. The third-order valence-electron chi connectivity index (χ3n) is 1.11. The summed E-state index contributed by atoms with van der Waals surface area (Å²) >= 11 is 0. The van der Waals surface area contributed by atoms with Gasteiger partial charge < -0.3 is 5.32 Å². The van der Waals surface area contributed by atoms with E-state index in [9.17, 15) is 0 Å². The molecule has 0 spiro atoms. The van der Waals surface area contributed by atoms with Crippen LogP contribution in [0.2, 0.25) is 0 Å². The first-order valence-electron chi connectivity index (χ1n) is 2.30. The molecule has 1 N–H and O–H groups in total. The maximum atomic E-state index is 3.16. The molecule has 0 amide bonds. The van der Waals surface area contributed by atoms with Crippen LogP contribution in [0, 0.1) is 6.54 Å². The summed E-state index contributed by atoms with van der Waals surface area (Å²) < 4.78 is 0. The van der Waals surface area contributed by atoms with Crippen molar-refractivity contribution in [3.05, 3.63) is 6.54 Å². The largest absolute Gasteiger partial charge is 0.307 e. The lowest BCUT2D eigenvalue weighted by atomic mass is 9.93. The molecule has 1 aliphatic rings. The molecule has 0 aliphatic carbocycles. The van der Waals surface area contributed by atoms with E-state index in [1.807, 2.05) is 0 Å². The van der Waals surface area contributed by atoms with Gasteiger partial charge >= 0.3 is 0 Å². The van der Waals surface area contributed by atoms with Crippen LogP contribution in [-0.2, 0) is 0 Å². The van der Waals surface area contributed by atoms with Gasteiger partial charge in [0.25, 0.3) is 0 Å². The maximum absolute atomic E-state index is 3.16. The summed E-state index contributed by atoms with van der Waals surface area (Å²) in [6.45, 7) is 6.46. The van der Waals surface area contributed by atoms with Crippen LogP contribution in [0.25, 0.3) is 0 Å². The van der Waals surface area contributed by atoms with E-state index in [4.69, 9.17) is 0 Å². The fourth-order valence-electron chi connectivity index (χ4n) is 0.510. The van der Waals surface area contributed by atoms with Crippen molar-refractivity contribution in [3.8, 4) is 0 Å². The third-order valence-corrected chi connectivity index (χ3v) is 1.11. The first kappa shape index (κ1) is 4.13. The van der Waals surface area contributed by atoms with Gasteiger partial charge in [0.15, 0.2) is 0 Å². The molecule has 0 aromatic rings. The Morgan fingerprint density at radius 2 is 2.00 bits per heavy atom. The van der Waals surface area contributed by atoms with Gasteiger partial charge in [-0.1, -0.05) is 0 Å². The first-order valence-corrected chi connectivity index (χ1v) is 2.30. The fourth-order valence-corrected chi connectivity index (χ4v) is 0.510. The molecule has 1 heteroatoms. The van der Waals surface area contributed by atoms with Gasteiger partial charge in [-0.05, 0) is 20.3 Å². The predicted octanol–water partition coefficient (Wildman–Crippen LogP) is 0.920. The van der Waals surface area contributed by atoms with Gasteiger partial charge in [0, 0.05) is 12.1 Å². The summed E-state index contributed by atoms with van der Waals surface area (Å²) in [6.07, 6.45) is 1.22. The van der Waals surface area contributed by atoms with E-state index in [0.717, 1.165) is 0 Å². The summed E-state index contributed by atoms with van der Waals surface area (Å²) in [7, 11) is 0. The lowest BCUT2D eigenvalue weighted by Gasteiger charge is -2.35. The monoisotopic (exact) mass is 84.1 g/mol. The second-order valence-electron chi connectivity index (χ2n) is 2.44. The molecule has 1 rings (SSSR count). The van der Waals surface area contributed by atoms with E-state index in [0.29, 0.717) is 5.54 Å². The highest BCUT2D eigenvalue weighted by atomic mass is 15.0. The number of rotatable bonds is 0. The van der Waals surface area contributed by atoms with Crippen LogP contribution >= 0.6 is 0 Å². The minimum Gasteiger partial charge on any atom is -0.307 e. The zero-order valence-electron chi connectivity index (χ0n) is 4.28. The Morgan fingerprint density at radius 3 is 2.00 bits per heavy atom. The molecule has 1 saturated heterocycles. The molecule has 1 nitrogen and oxygen atoms in total. The Kier molecular flexibility index (Phi) is 0.667. The number of hydrogen-bond acceptors (Lipinski definition) is 1. The van der Waals surface area contributed by atoms with Gasteiger partial charge in [0.1, 0.15) is 0 Å². The molecular weight excluding hydrogens is 74.1 g/mol. The summed E-state index contributed by atoms with van der Waals surface area (Å²) in [5.41, 5.74) is 0.417. The van der Waals surface area contributed by atoms with Crippen molar-refractivity contribution in [2.24, 2.45) is 0 Å². The van der Waals surface area contributed by atoms with Gasteiger partial charge in [-0.15, -0.1) is 0 Å². The van der Waals surface area contributed by atoms with Crippen LogP contribution in [0.1, 0.15) is 20.3 Å². The standard InChI is InChI=1S/C5H10N/c1-5(2)3-4-6-5/h4,6H,3H2,1-2H3. The normalized spacial score (nSPS) is 29.0. The molecule has 0 saturated carbocycles. The van der Waals surface area contributed by atoms with E-state index in [1.54, 1.807) is 0 Å². The van der Waals surface area contributed by atoms with E-state index in [2.05, 4.69) is 25.7 Å². The predicted molar refractivity (Wildman–Crippen MR) is 26.1 cm³/mol. The van der Waals surface area contributed by atoms with Crippen molar-refractivity contribution >= 4 is 0 Å². The van der Waals surface area contributed by atoms with Gasteiger partial charge in [-0.25, -0.2) is 0 Å². The van der Waals surface area contributed by atoms with Crippen LogP contribution in [0.4, 0.5) is 0 Å². The lowest BCUT2D eigenvalue weighted by molar-refractivity contribution is 0.314. The quantitative estimate of drug-likeness (QED) is 0.460. The Morgan fingerprint density at radius 1 is 1.67 bits per heavy atom. The maximum Gasteiger partial charge on any atom is 0.0244 e. The van der Waals surface area contributed by atoms with Crippen LogP contribution in [0.3, 0.4) is 0 Å². The molecule has 1 radical (unpaired) electrons. The van der Waals surface area contributed by atoms with Crippen molar-refractivity contribution in [2.75, 3.05) is 0 Å². The second kappa shape index (κ2) is 0.969. The van der Waals surface area contributed by atoms with Crippen LogP contribution in [-0.4, -0.2) is 5.54 Å². The molecule has 0 bridgehead atoms. The fraction of sp³-hybridized carbons (Fsp3) is 0.800. The van der Waals surface area contributed by atoms with Crippen molar-refractivity contribution in [1.82, 2.24) is 5.32 Å². The highest BCUT2D eigenvalue weighted by Crippen LogP contribution is 2.18. The van der Waals surface area contributed by atoms with Crippen LogP contribution in [0.5, 0.6) is 0 Å². The average Bonchev–Trinajstić information content (AvgIpc) is 1.32. The summed E-state index contributed by atoms with van der Waals surface area (Å²) in [6, 6.07) is 0. The third kappa shape index (κ3) is 0.548. The summed E-state index contributed by atoms with van der Waals surface area (Å²) in [4.78, 5) is 0. The van der Waals surface area contributed by atoms with Crippen LogP contribution in [0.15, 0.2) is 0 Å². The van der Waals surface area contributed by atoms with Crippen molar-refractivity contribution < 1.29 is 0 Å². The average molecular weight is 84.1 g/mol. The van der Waals surface area contributed by atoms with Crippen molar-refractivity contribution in [2.45, 2.75) is 25.8 Å². The molecule has 6 heavy (non-hydrogen) atoms. The topological polar surface area (TPSA) is 12.0 Å². The Balaban J connectivity index is 2.31. The minimum absolute atomic E-state index is 0.417. The smallest absolute Gasteiger partial charge is 0.0244 e. The molecule has 0 aromatic heterocycles. The Labute approximate surface area is 38.7 Å². The highest BCUT2D eigenvalue weighted by molar-refractivity contribution is 4.95. The highest BCUT2D eigenvalue weighted by Gasteiger charge is 2.24. The SMILES string of the molecule is CC1(C)C[CH]N1. The minimum atomic E-state index is 0.417. The van der Waals surface area contributed by atoms with Gasteiger partial charge in [0.05, 0.1) is 0 Å². The molecule has 35 valence electrons. The molecule has 1 fully saturated rings. The number of hydrogen-bond donors (Lipinski definition) is 1. The van der Waals surface area contributed by atoms with Gasteiger partial charge in [-0.3, -0.25) is 0 Å². The molecule has 0 atom stereocenters. The molecular formula is C5H10N.